The lowest BCUT2D eigenvalue weighted by Crippen LogP contribution is -2.10. The van der Waals surface area contributed by atoms with E-state index in [1.807, 2.05) is 18.2 Å². The standard InChI is InChI=1S/C23H19FN2S/c24-18-12-10-16(11-13-18)15-27-23-20(14-25)22(17-6-2-1-3-7-17)19-8-4-5-9-21(19)26-23/h1-3,6-7,10-13H,4-5,8-9,15H2. The van der Waals surface area contributed by atoms with Gasteiger partial charge in [0.25, 0.3) is 0 Å². The van der Waals surface area contributed by atoms with Gasteiger partial charge in [0.1, 0.15) is 16.9 Å². The van der Waals surface area contributed by atoms with Crippen molar-refractivity contribution in [1.82, 2.24) is 4.98 Å². The highest BCUT2D eigenvalue weighted by atomic mass is 32.2. The van der Waals surface area contributed by atoms with E-state index in [0.29, 0.717) is 11.3 Å². The Morgan fingerprint density at radius 2 is 1.74 bits per heavy atom. The Morgan fingerprint density at radius 1 is 1.00 bits per heavy atom. The normalized spacial score (nSPS) is 13.0. The second-order valence-corrected chi connectivity index (χ2v) is 7.66. The average molecular weight is 374 g/mol. The number of nitrogens with zero attached hydrogens (tertiary/aromatic N) is 2. The first-order valence-corrected chi connectivity index (χ1v) is 10.1. The van der Waals surface area contributed by atoms with Gasteiger partial charge >= 0.3 is 0 Å². The van der Waals surface area contributed by atoms with Crippen LogP contribution < -0.4 is 0 Å². The van der Waals surface area contributed by atoms with Crippen LogP contribution in [0, 0.1) is 17.1 Å². The average Bonchev–Trinajstić information content (AvgIpc) is 2.72. The van der Waals surface area contributed by atoms with Gasteiger partial charge in [-0.25, -0.2) is 9.37 Å². The Morgan fingerprint density at radius 3 is 2.48 bits per heavy atom. The fourth-order valence-electron chi connectivity index (χ4n) is 3.58. The molecule has 1 heterocycles. The zero-order valence-corrected chi connectivity index (χ0v) is 15.7. The number of aromatic nitrogens is 1. The van der Waals surface area contributed by atoms with Crippen molar-refractivity contribution < 1.29 is 4.39 Å². The van der Waals surface area contributed by atoms with Gasteiger partial charge in [0.05, 0.1) is 5.56 Å². The van der Waals surface area contributed by atoms with Crippen molar-refractivity contribution in [3.8, 4) is 17.2 Å². The molecule has 0 saturated carbocycles. The smallest absolute Gasteiger partial charge is 0.123 e. The topological polar surface area (TPSA) is 36.7 Å². The third-order valence-corrected chi connectivity index (χ3v) is 5.95. The molecule has 27 heavy (non-hydrogen) atoms. The molecule has 3 aromatic rings. The van der Waals surface area contributed by atoms with Crippen LogP contribution in [0.2, 0.25) is 0 Å². The molecule has 0 aliphatic heterocycles. The third-order valence-electron chi connectivity index (χ3n) is 4.90. The Hall–Kier alpha value is -2.64. The molecule has 0 N–H and O–H groups in total. The maximum absolute atomic E-state index is 13.1. The second kappa shape index (κ2) is 7.94. The van der Waals surface area contributed by atoms with Crippen molar-refractivity contribution in [2.75, 3.05) is 0 Å². The Balaban J connectivity index is 1.77. The van der Waals surface area contributed by atoms with Gasteiger partial charge in [0.15, 0.2) is 0 Å². The van der Waals surface area contributed by atoms with Crippen LogP contribution in [-0.2, 0) is 18.6 Å². The zero-order chi connectivity index (χ0) is 18.6. The van der Waals surface area contributed by atoms with Crippen LogP contribution in [0.5, 0.6) is 0 Å². The molecule has 134 valence electrons. The number of hydrogen-bond donors (Lipinski definition) is 0. The number of fused-ring (bicyclic) bond motifs is 1. The molecule has 0 spiro atoms. The molecule has 0 saturated heterocycles. The van der Waals surface area contributed by atoms with Crippen molar-refractivity contribution in [2.24, 2.45) is 0 Å². The van der Waals surface area contributed by atoms with Crippen molar-refractivity contribution in [3.05, 3.63) is 82.8 Å². The maximum Gasteiger partial charge on any atom is 0.123 e. The predicted molar refractivity (Wildman–Crippen MR) is 107 cm³/mol. The van der Waals surface area contributed by atoms with Gasteiger partial charge in [-0.05, 0) is 54.5 Å². The lowest BCUT2D eigenvalue weighted by atomic mass is 9.87. The number of aryl methyl sites for hydroxylation is 1. The van der Waals surface area contributed by atoms with Gasteiger partial charge in [0.2, 0.25) is 0 Å². The van der Waals surface area contributed by atoms with E-state index >= 15 is 0 Å². The van der Waals surface area contributed by atoms with Crippen molar-refractivity contribution in [1.29, 1.82) is 5.26 Å². The molecular weight excluding hydrogens is 355 g/mol. The van der Waals surface area contributed by atoms with Crippen molar-refractivity contribution in [2.45, 2.75) is 36.5 Å². The lowest BCUT2D eigenvalue weighted by Gasteiger charge is -2.22. The van der Waals surface area contributed by atoms with Gasteiger partial charge in [-0.3, -0.25) is 0 Å². The van der Waals surface area contributed by atoms with Gasteiger partial charge < -0.3 is 0 Å². The molecule has 1 aliphatic carbocycles. The minimum atomic E-state index is -0.236. The quantitative estimate of drug-likeness (QED) is 0.531. The first-order chi connectivity index (χ1) is 13.3. The van der Waals surface area contributed by atoms with Crippen LogP contribution in [-0.4, -0.2) is 4.98 Å². The first kappa shape index (κ1) is 17.8. The van der Waals surface area contributed by atoms with E-state index in [1.54, 1.807) is 23.9 Å². The van der Waals surface area contributed by atoms with Gasteiger partial charge in [-0.1, -0.05) is 42.5 Å². The van der Waals surface area contributed by atoms with Crippen LogP contribution in [0.1, 0.15) is 35.2 Å². The summed E-state index contributed by atoms with van der Waals surface area (Å²) in [5, 5.41) is 10.7. The number of rotatable bonds is 4. The molecule has 4 heteroatoms. The molecule has 0 radical (unpaired) electrons. The summed E-state index contributed by atoms with van der Waals surface area (Å²) in [5.74, 6) is 0.425. The Bertz CT molecular complexity index is 992. The summed E-state index contributed by atoms with van der Waals surface area (Å²) < 4.78 is 13.1. The second-order valence-electron chi connectivity index (χ2n) is 6.69. The molecule has 0 unspecified atom stereocenters. The fourth-order valence-corrected chi connectivity index (χ4v) is 4.54. The van der Waals surface area contributed by atoms with E-state index in [4.69, 9.17) is 4.98 Å². The van der Waals surface area contributed by atoms with Crippen molar-refractivity contribution >= 4 is 11.8 Å². The summed E-state index contributed by atoms with van der Waals surface area (Å²) in [6.45, 7) is 0. The van der Waals surface area contributed by atoms with E-state index < -0.39 is 0 Å². The molecule has 0 bridgehead atoms. The minimum Gasteiger partial charge on any atom is -0.245 e. The van der Waals surface area contributed by atoms with E-state index in [-0.39, 0.29) is 5.82 Å². The molecule has 1 aromatic heterocycles. The fraction of sp³-hybridized carbons (Fsp3) is 0.217. The molecule has 2 aromatic carbocycles. The Kier molecular flexibility index (Phi) is 5.22. The molecule has 2 nitrogen and oxygen atoms in total. The highest BCUT2D eigenvalue weighted by Crippen LogP contribution is 2.38. The predicted octanol–water partition coefficient (Wildman–Crippen LogP) is 5.93. The van der Waals surface area contributed by atoms with Crippen LogP contribution in [0.25, 0.3) is 11.1 Å². The van der Waals surface area contributed by atoms with Crippen LogP contribution in [0.3, 0.4) is 0 Å². The number of pyridine rings is 1. The third kappa shape index (κ3) is 3.74. The van der Waals surface area contributed by atoms with E-state index in [9.17, 15) is 9.65 Å². The number of hydrogen-bond acceptors (Lipinski definition) is 3. The molecule has 0 atom stereocenters. The molecule has 4 rings (SSSR count). The highest BCUT2D eigenvalue weighted by Gasteiger charge is 2.23. The van der Waals surface area contributed by atoms with Crippen LogP contribution in [0.4, 0.5) is 4.39 Å². The van der Waals surface area contributed by atoms with Crippen LogP contribution >= 0.6 is 11.8 Å². The number of thioether (sulfide) groups is 1. The van der Waals surface area contributed by atoms with Gasteiger partial charge in [-0.15, -0.1) is 11.8 Å². The molecule has 0 amide bonds. The minimum absolute atomic E-state index is 0.236. The SMILES string of the molecule is N#Cc1c(SCc2ccc(F)cc2)nc2c(c1-c1ccccc1)CCCC2. The summed E-state index contributed by atoms with van der Waals surface area (Å²) in [7, 11) is 0. The molecule has 1 aliphatic rings. The summed E-state index contributed by atoms with van der Waals surface area (Å²) >= 11 is 1.56. The number of nitriles is 1. The Labute approximate surface area is 163 Å². The number of benzene rings is 2. The van der Waals surface area contributed by atoms with Gasteiger partial charge in [-0.2, -0.15) is 5.26 Å². The van der Waals surface area contributed by atoms with Crippen molar-refractivity contribution in [3.63, 3.8) is 0 Å². The van der Waals surface area contributed by atoms with Gasteiger partial charge in [0, 0.05) is 17.0 Å². The van der Waals surface area contributed by atoms with E-state index in [2.05, 4.69) is 18.2 Å². The lowest BCUT2D eigenvalue weighted by molar-refractivity contribution is 0.627. The summed E-state index contributed by atoms with van der Waals surface area (Å²) in [6.07, 6.45) is 4.22. The highest BCUT2D eigenvalue weighted by molar-refractivity contribution is 7.98. The summed E-state index contributed by atoms with van der Waals surface area (Å²) in [5.41, 5.74) is 6.17. The first-order valence-electron chi connectivity index (χ1n) is 9.15. The summed E-state index contributed by atoms with van der Waals surface area (Å²) in [6, 6.07) is 19.1. The van der Waals surface area contributed by atoms with E-state index in [0.717, 1.165) is 53.1 Å². The monoisotopic (exact) mass is 374 g/mol. The largest absolute Gasteiger partial charge is 0.245 e. The van der Waals surface area contributed by atoms with E-state index in [1.165, 1.54) is 17.7 Å². The summed E-state index contributed by atoms with van der Waals surface area (Å²) in [4.78, 5) is 4.87. The van der Waals surface area contributed by atoms with Crippen LogP contribution in [0.15, 0.2) is 59.6 Å². The molecule has 0 fully saturated rings. The molecular formula is C23H19FN2S. The zero-order valence-electron chi connectivity index (χ0n) is 14.9. The number of halogens is 1. The maximum atomic E-state index is 13.1.